The highest BCUT2D eigenvalue weighted by Crippen LogP contribution is 2.23. The molecule has 0 saturated carbocycles. The number of aromatic nitrogens is 1. The molecule has 0 spiro atoms. The summed E-state index contributed by atoms with van der Waals surface area (Å²) in [4.78, 5) is 29.6. The number of aryl methyl sites for hydroxylation is 1. The van der Waals surface area contributed by atoms with Crippen molar-refractivity contribution in [3.63, 3.8) is 0 Å². The largest absolute Gasteiger partial charge is 0.497 e. The number of para-hydroxylation sites is 1. The lowest BCUT2D eigenvalue weighted by Gasteiger charge is -2.24. The van der Waals surface area contributed by atoms with Crippen LogP contribution in [0.5, 0.6) is 5.75 Å². The summed E-state index contributed by atoms with van der Waals surface area (Å²) in [5.74, 6) is 0.658. The molecule has 2 aromatic carbocycles. The van der Waals surface area contributed by atoms with Crippen LogP contribution in [0.2, 0.25) is 0 Å². The van der Waals surface area contributed by atoms with Crippen molar-refractivity contribution in [1.29, 1.82) is 0 Å². The minimum Gasteiger partial charge on any atom is -0.497 e. The van der Waals surface area contributed by atoms with Crippen LogP contribution in [0.15, 0.2) is 58.2 Å². The van der Waals surface area contributed by atoms with Gasteiger partial charge in [-0.25, -0.2) is 8.42 Å². The first kappa shape index (κ1) is 24.0. The highest BCUT2D eigenvalue weighted by molar-refractivity contribution is 7.89. The number of aromatic amines is 1. The Morgan fingerprint density at radius 1 is 1.12 bits per heavy atom. The van der Waals surface area contributed by atoms with Crippen molar-refractivity contribution >= 4 is 26.8 Å². The first-order valence-corrected chi connectivity index (χ1v) is 12.8. The Balaban J connectivity index is 1.64. The Bertz CT molecular complexity index is 1350. The fourth-order valence-electron chi connectivity index (χ4n) is 4.30. The summed E-state index contributed by atoms with van der Waals surface area (Å²) in [5.41, 5.74) is 1.74. The quantitative estimate of drug-likeness (QED) is 0.504. The standard InChI is InChI=1S/C25H29N3O5S/c1-18-6-3-7-19-16-20(25(30)26-24(18)19)17-28(15-5-14-27-13-4-8-23(27)29)34(31,32)22-11-9-21(33-2)10-12-22/h3,6-7,9-12,16H,4-5,8,13-15,17H2,1-2H3,(H,26,30). The third-order valence-electron chi connectivity index (χ3n) is 6.22. The Morgan fingerprint density at radius 3 is 2.56 bits per heavy atom. The minimum absolute atomic E-state index is 0.0679. The van der Waals surface area contributed by atoms with Gasteiger partial charge in [0.05, 0.1) is 17.5 Å². The molecule has 0 atom stereocenters. The van der Waals surface area contributed by atoms with E-state index in [1.807, 2.05) is 25.1 Å². The maximum absolute atomic E-state index is 13.5. The monoisotopic (exact) mass is 483 g/mol. The number of likely N-dealkylation sites (tertiary alicyclic amines) is 1. The van der Waals surface area contributed by atoms with Crippen LogP contribution in [0.25, 0.3) is 10.9 Å². The molecule has 1 N–H and O–H groups in total. The predicted molar refractivity (Wildman–Crippen MR) is 130 cm³/mol. The lowest BCUT2D eigenvalue weighted by atomic mass is 10.1. The number of H-pyrrole nitrogens is 1. The first-order chi connectivity index (χ1) is 16.3. The molecule has 0 radical (unpaired) electrons. The zero-order valence-electron chi connectivity index (χ0n) is 19.4. The van der Waals surface area contributed by atoms with E-state index in [1.165, 1.54) is 23.5 Å². The second kappa shape index (κ2) is 9.99. The number of hydrogen-bond donors (Lipinski definition) is 1. The van der Waals surface area contributed by atoms with Crippen molar-refractivity contribution in [2.24, 2.45) is 0 Å². The van der Waals surface area contributed by atoms with Gasteiger partial charge in [-0.1, -0.05) is 18.2 Å². The van der Waals surface area contributed by atoms with E-state index >= 15 is 0 Å². The third kappa shape index (κ3) is 5.00. The van der Waals surface area contributed by atoms with Crippen molar-refractivity contribution in [3.8, 4) is 5.75 Å². The number of carbonyl (C=O) groups excluding carboxylic acids is 1. The van der Waals surface area contributed by atoms with Gasteiger partial charge in [-0.05, 0) is 61.0 Å². The molecule has 0 aliphatic carbocycles. The van der Waals surface area contributed by atoms with E-state index < -0.39 is 10.0 Å². The Labute approximate surface area is 199 Å². The van der Waals surface area contributed by atoms with Gasteiger partial charge in [-0.2, -0.15) is 4.31 Å². The maximum atomic E-state index is 13.5. The third-order valence-corrected chi connectivity index (χ3v) is 8.08. The normalized spacial score (nSPS) is 14.3. The number of methoxy groups -OCH3 is 1. The van der Waals surface area contributed by atoms with Crippen molar-refractivity contribution < 1.29 is 17.9 Å². The van der Waals surface area contributed by atoms with E-state index in [2.05, 4.69) is 4.98 Å². The van der Waals surface area contributed by atoms with Crippen LogP contribution in [0.3, 0.4) is 0 Å². The molecule has 1 aromatic heterocycles. The molecule has 4 rings (SSSR count). The molecular formula is C25H29N3O5S. The molecule has 180 valence electrons. The smallest absolute Gasteiger partial charge is 0.252 e. The van der Waals surface area contributed by atoms with Gasteiger partial charge in [0, 0.05) is 38.2 Å². The number of amides is 1. The summed E-state index contributed by atoms with van der Waals surface area (Å²) < 4.78 is 33.6. The summed E-state index contributed by atoms with van der Waals surface area (Å²) >= 11 is 0. The Hall–Kier alpha value is -3.17. The fourth-order valence-corrected chi connectivity index (χ4v) is 5.75. The van der Waals surface area contributed by atoms with Gasteiger partial charge in [-0.15, -0.1) is 0 Å². The Kier molecular flexibility index (Phi) is 7.04. The minimum atomic E-state index is -3.89. The molecule has 1 amide bonds. The van der Waals surface area contributed by atoms with Crippen LogP contribution in [0, 0.1) is 6.92 Å². The lowest BCUT2D eigenvalue weighted by Crippen LogP contribution is -2.36. The summed E-state index contributed by atoms with van der Waals surface area (Å²) in [5, 5.41) is 0.846. The molecular weight excluding hydrogens is 454 g/mol. The van der Waals surface area contributed by atoms with Crippen LogP contribution in [-0.4, -0.2) is 55.3 Å². The van der Waals surface area contributed by atoms with Crippen LogP contribution in [0.4, 0.5) is 0 Å². The topological polar surface area (TPSA) is 99.8 Å². The van der Waals surface area contributed by atoms with Crippen LogP contribution in [0.1, 0.15) is 30.4 Å². The molecule has 1 saturated heterocycles. The lowest BCUT2D eigenvalue weighted by molar-refractivity contribution is -0.127. The predicted octanol–water partition coefficient (Wildman–Crippen LogP) is 3.05. The van der Waals surface area contributed by atoms with Crippen LogP contribution >= 0.6 is 0 Å². The van der Waals surface area contributed by atoms with Crippen molar-refractivity contribution in [1.82, 2.24) is 14.2 Å². The molecule has 0 unspecified atom stereocenters. The number of ether oxygens (including phenoxy) is 1. The van der Waals surface area contributed by atoms with Gasteiger partial charge in [-0.3, -0.25) is 9.59 Å². The number of nitrogens with zero attached hydrogens (tertiary/aromatic N) is 2. The zero-order chi connectivity index (χ0) is 24.3. The number of hydrogen-bond acceptors (Lipinski definition) is 5. The van der Waals surface area contributed by atoms with Gasteiger partial charge in [0.1, 0.15) is 5.75 Å². The second-order valence-electron chi connectivity index (χ2n) is 8.51. The number of nitrogens with one attached hydrogen (secondary N) is 1. The maximum Gasteiger partial charge on any atom is 0.252 e. The SMILES string of the molecule is COc1ccc(S(=O)(=O)N(CCCN2CCCC2=O)Cc2cc3cccc(C)c3[nH]c2=O)cc1. The molecule has 9 heteroatoms. The van der Waals surface area contributed by atoms with Gasteiger partial charge in [0.25, 0.3) is 5.56 Å². The van der Waals surface area contributed by atoms with Gasteiger partial charge >= 0.3 is 0 Å². The second-order valence-corrected chi connectivity index (χ2v) is 10.5. The van der Waals surface area contributed by atoms with E-state index in [-0.39, 0.29) is 29.5 Å². The van der Waals surface area contributed by atoms with Gasteiger partial charge in [0.2, 0.25) is 15.9 Å². The van der Waals surface area contributed by atoms with E-state index in [0.717, 1.165) is 22.9 Å². The first-order valence-electron chi connectivity index (χ1n) is 11.3. The number of rotatable bonds is 9. The molecule has 3 aromatic rings. The van der Waals surface area contributed by atoms with Crippen molar-refractivity contribution in [2.75, 3.05) is 26.7 Å². The molecule has 1 aliphatic rings. The highest BCUT2D eigenvalue weighted by atomic mass is 32.2. The van der Waals surface area contributed by atoms with Gasteiger partial charge < -0.3 is 14.6 Å². The molecule has 34 heavy (non-hydrogen) atoms. The summed E-state index contributed by atoms with van der Waals surface area (Å²) in [6.45, 7) is 3.22. The summed E-state index contributed by atoms with van der Waals surface area (Å²) in [7, 11) is -2.37. The number of sulfonamides is 1. The number of carbonyl (C=O) groups is 1. The highest BCUT2D eigenvalue weighted by Gasteiger charge is 2.27. The molecule has 0 bridgehead atoms. The Morgan fingerprint density at radius 2 is 1.88 bits per heavy atom. The average Bonchev–Trinajstić information content (AvgIpc) is 3.24. The number of benzene rings is 2. The van der Waals surface area contributed by atoms with Crippen LogP contribution in [-0.2, 0) is 21.4 Å². The molecule has 8 nitrogen and oxygen atoms in total. The van der Waals surface area contributed by atoms with Crippen molar-refractivity contribution in [3.05, 3.63) is 70.0 Å². The van der Waals surface area contributed by atoms with E-state index in [0.29, 0.717) is 37.2 Å². The van der Waals surface area contributed by atoms with E-state index in [9.17, 15) is 18.0 Å². The van der Waals surface area contributed by atoms with E-state index in [4.69, 9.17) is 4.74 Å². The summed E-state index contributed by atoms with van der Waals surface area (Å²) in [6, 6.07) is 13.7. The van der Waals surface area contributed by atoms with E-state index in [1.54, 1.807) is 23.1 Å². The van der Waals surface area contributed by atoms with Crippen LogP contribution < -0.4 is 10.3 Å². The summed E-state index contributed by atoms with van der Waals surface area (Å²) in [6.07, 6.45) is 1.85. The number of pyridine rings is 1. The average molecular weight is 484 g/mol. The fraction of sp³-hybridized carbons (Fsp3) is 0.360. The van der Waals surface area contributed by atoms with Gasteiger partial charge in [0.15, 0.2) is 0 Å². The molecule has 1 aliphatic heterocycles. The molecule has 2 heterocycles. The zero-order valence-corrected chi connectivity index (χ0v) is 20.2. The number of fused-ring (bicyclic) bond motifs is 1. The molecule has 1 fully saturated rings. The van der Waals surface area contributed by atoms with Crippen molar-refractivity contribution in [2.45, 2.75) is 37.6 Å².